The third-order valence-corrected chi connectivity index (χ3v) is 4.78. The van der Waals surface area contributed by atoms with Crippen molar-refractivity contribution in [3.63, 3.8) is 0 Å². The molecule has 1 saturated carbocycles. The molecule has 19 heavy (non-hydrogen) atoms. The normalized spacial score (nSPS) is 25.3. The van der Waals surface area contributed by atoms with Crippen molar-refractivity contribution >= 4 is 11.6 Å². The lowest BCUT2D eigenvalue weighted by atomic mass is 9.77. The van der Waals surface area contributed by atoms with Gasteiger partial charge in [-0.25, -0.2) is 4.39 Å². The zero-order chi connectivity index (χ0) is 14.0. The molecule has 106 valence electrons. The van der Waals surface area contributed by atoms with Crippen molar-refractivity contribution in [2.45, 2.75) is 45.6 Å². The minimum absolute atomic E-state index is 0.221. The van der Waals surface area contributed by atoms with E-state index in [1.807, 2.05) is 13.1 Å². The maximum absolute atomic E-state index is 13.5. The molecule has 2 rings (SSSR count). The summed E-state index contributed by atoms with van der Waals surface area (Å²) in [5.41, 5.74) is 1.71. The van der Waals surface area contributed by atoms with Crippen molar-refractivity contribution in [1.82, 2.24) is 5.32 Å². The van der Waals surface area contributed by atoms with Gasteiger partial charge in [0.25, 0.3) is 0 Å². The van der Waals surface area contributed by atoms with Crippen molar-refractivity contribution in [2.75, 3.05) is 7.05 Å². The number of benzene rings is 1. The molecule has 1 atom stereocenters. The molecule has 1 aromatic rings. The minimum atomic E-state index is -0.221. The smallest absolute Gasteiger partial charge is 0.127 e. The maximum atomic E-state index is 13.5. The topological polar surface area (TPSA) is 12.0 Å². The predicted molar refractivity (Wildman–Crippen MR) is 79.1 cm³/mol. The highest BCUT2D eigenvalue weighted by Gasteiger charge is 2.27. The number of nitrogens with one attached hydrogen (secondary N) is 1. The van der Waals surface area contributed by atoms with Crippen LogP contribution in [0.2, 0.25) is 5.02 Å². The Morgan fingerprint density at radius 3 is 2.47 bits per heavy atom. The second-order valence-corrected chi connectivity index (χ2v) is 6.32. The molecule has 0 aliphatic heterocycles. The van der Waals surface area contributed by atoms with Crippen LogP contribution >= 0.6 is 11.6 Å². The van der Waals surface area contributed by atoms with E-state index in [9.17, 15) is 4.39 Å². The number of hydrogen-bond acceptors (Lipinski definition) is 1. The van der Waals surface area contributed by atoms with E-state index < -0.39 is 0 Å². The van der Waals surface area contributed by atoms with Crippen molar-refractivity contribution in [3.05, 3.63) is 34.1 Å². The molecule has 1 aliphatic rings. The van der Waals surface area contributed by atoms with Crippen LogP contribution in [0.25, 0.3) is 0 Å². The molecule has 0 saturated heterocycles. The molecular formula is C16H23ClFN. The zero-order valence-electron chi connectivity index (χ0n) is 12.0. The van der Waals surface area contributed by atoms with E-state index in [4.69, 9.17) is 11.6 Å². The molecule has 0 bridgehead atoms. The first-order valence-electron chi connectivity index (χ1n) is 7.15. The fraction of sp³-hybridized carbons (Fsp3) is 0.625. The van der Waals surface area contributed by atoms with Crippen LogP contribution in [0.4, 0.5) is 4.39 Å². The van der Waals surface area contributed by atoms with Crippen molar-refractivity contribution in [1.29, 1.82) is 0 Å². The first-order valence-corrected chi connectivity index (χ1v) is 7.53. The second kappa shape index (κ2) is 6.23. The van der Waals surface area contributed by atoms with Crippen LogP contribution in [0.5, 0.6) is 0 Å². The van der Waals surface area contributed by atoms with Gasteiger partial charge in [-0.15, -0.1) is 0 Å². The molecule has 0 aromatic heterocycles. The first kappa shape index (κ1) is 14.8. The van der Waals surface area contributed by atoms with Gasteiger partial charge in [0.05, 0.1) is 0 Å². The Labute approximate surface area is 120 Å². The van der Waals surface area contributed by atoms with Crippen LogP contribution in [-0.4, -0.2) is 7.05 Å². The molecule has 3 heteroatoms. The Balaban J connectivity index is 2.24. The second-order valence-electron chi connectivity index (χ2n) is 5.91. The van der Waals surface area contributed by atoms with Crippen LogP contribution in [0.15, 0.2) is 12.1 Å². The summed E-state index contributed by atoms with van der Waals surface area (Å²) in [5, 5.41) is 3.93. The Morgan fingerprint density at radius 2 is 1.89 bits per heavy atom. The molecule has 1 unspecified atom stereocenters. The van der Waals surface area contributed by atoms with E-state index >= 15 is 0 Å². The van der Waals surface area contributed by atoms with Gasteiger partial charge < -0.3 is 5.32 Å². The number of rotatable bonds is 3. The maximum Gasteiger partial charge on any atom is 0.127 e. The summed E-state index contributed by atoms with van der Waals surface area (Å²) in [6.45, 7) is 4.12. The summed E-state index contributed by atoms with van der Waals surface area (Å²) in [5.74, 6) is 1.21. The van der Waals surface area contributed by atoms with Gasteiger partial charge in [0.2, 0.25) is 0 Å². The molecule has 1 N–H and O–H groups in total. The summed E-state index contributed by atoms with van der Waals surface area (Å²) in [4.78, 5) is 0. The molecular weight excluding hydrogens is 261 g/mol. The summed E-state index contributed by atoms with van der Waals surface area (Å²) >= 11 is 6.24. The summed E-state index contributed by atoms with van der Waals surface area (Å²) in [6.07, 6.45) is 5.00. The monoisotopic (exact) mass is 283 g/mol. The van der Waals surface area contributed by atoms with Gasteiger partial charge in [0.1, 0.15) is 5.82 Å². The molecule has 0 spiro atoms. The van der Waals surface area contributed by atoms with Crippen molar-refractivity contribution in [2.24, 2.45) is 11.8 Å². The third kappa shape index (κ3) is 3.29. The lowest BCUT2D eigenvalue weighted by molar-refractivity contribution is 0.238. The molecule has 1 aliphatic carbocycles. The molecule has 0 amide bonds. The van der Waals surface area contributed by atoms with E-state index in [2.05, 4.69) is 12.2 Å². The summed E-state index contributed by atoms with van der Waals surface area (Å²) in [7, 11) is 1.97. The first-order chi connectivity index (χ1) is 9.02. The van der Waals surface area contributed by atoms with Gasteiger partial charge in [-0.05, 0) is 55.8 Å². The third-order valence-electron chi connectivity index (χ3n) is 4.46. The fourth-order valence-electron chi connectivity index (χ4n) is 3.18. The Bertz CT molecular complexity index is 439. The molecule has 0 radical (unpaired) electrons. The van der Waals surface area contributed by atoms with Crippen molar-refractivity contribution < 1.29 is 4.39 Å². The minimum Gasteiger partial charge on any atom is -0.313 e. The lowest BCUT2D eigenvalue weighted by Gasteiger charge is -2.33. The fourth-order valence-corrected chi connectivity index (χ4v) is 3.45. The molecule has 0 heterocycles. The van der Waals surface area contributed by atoms with Gasteiger partial charge >= 0.3 is 0 Å². The highest BCUT2D eigenvalue weighted by Crippen LogP contribution is 2.39. The summed E-state index contributed by atoms with van der Waals surface area (Å²) in [6, 6.07) is 3.58. The van der Waals surface area contributed by atoms with Gasteiger partial charge in [-0.2, -0.15) is 0 Å². The zero-order valence-corrected chi connectivity index (χ0v) is 12.7. The highest BCUT2D eigenvalue weighted by atomic mass is 35.5. The Morgan fingerprint density at radius 1 is 1.26 bits per heavy atom. The van der Waals surface area contributed by atoms with E-state index in [-0.39, 0.29) is 11.9 Å². The molecule has 1 nitrogen and oxygen atoms in total. The largest absolute Gasteiger partial charge is 0.313 e. The van der Waals surface area contributed by atoms with Crippen LogP contribution in [0.1, 0.15) is 49.8 Å². The van der Waals surface area contributed by atoms with Gasteiger partial charge in [-0.1, -0.05) is 37.4 Å². The van der Waals surface area contributed by atoms with Crippen LogP contribution in [0.3, 0.4) is 0 Å². The Kier molecular flexibility index (Phi) is 4.86. The van der Waals surface area contributed by atoms with Gasteiger partial charge in [-0.3, -0.25) is 0 Å². The highest BCUT2D eigenvalue weighted by molar-refractivity contribution is 6.31. The van der Waals surface area contributed by atoms with E-state index in [1.54, 1.807) is 6.92 Å². The SMILES string of the molecule is CNC(c1cc(C)c(F)cc1Cl)C1CCC(C)CC1. The number of aryl methyl sites for hydroxylation is 1. The van der Waals surface area contributed by atoms with E-state index in [1.165, 1.54) is 31.7 Å². The molecule has 1 aromatic carbocycles. The van der Waals surface area contributed by atoms with E-state index in [0.29, 0.717) is 16.5 Å². The van der Waals surface area contributed by atoms with E-state index in [0.717, 1.165) is 11.5 Å². The van der Waals surface area contributed by atoms with Crippen LogP contribution < -0.4 is 5.32 Å². The molecule has 1 fully saturated rings. The number of hydrogen-bond donors (Lipinski definition) is 1. The van der Waals surface area contributed by atoms with Gasteiger partial charge in [0, 0.05) is 11.1 Å². The Hall–Kier alpha value is -0.600. The van der Waals surface area contributed by atoms with Gasteiger partial charge in [0.15, 0.2) is 0 Å². The quantitative estimate of drug-likeness (QED) is 0.834. The van der Waals surface area contributed by atoms with Crippen LogP contribution in [0, 0.1) is 24.6 Å². The standard InChI is InChI=1S/C16H23ClFN/c1-10-4-6-12(7-5-10)16(19-3)13-8-11(2)15(18)9-14(13)17/h8-10,12,16,19H,4-7H2,1-3H3. The van der Waals surface area contributed by atoms with Crippen molar-refractivity contribution in [3.8, 4) is 0 Å². The summed E-state index contributed by atoms with van der Waals surface area (Å²) < 4.78 is 13.5. The predicted octanol–water partition coefficient (Wildman–Crippen LogP) is 4.87. The van der Waals surface area contributed by atoms with Crippen LogP contribution in [-0.2, 0) is 0 Å². The average molecular weight is 284 g/mol. The average Bonchev–Trinajstić information content (AvgIpc) is 2.38. The lowest BCUT2D eigenvalue weighted by Crippen LogP contribution is -2.28. The number of halogens is 2.